The van der Waals surface area contributed by atoms with E-state index in [1.807, 2.05) is 29.2 Å². The highest BCUT2D eigenvalue weighted by Gasteiger charge is 2.44. The average Bonchev–Trinajstić information content (AvgIpc) is 2.68. The molecule has 1 aliphatic carbocycles. The molecule has 2 aliphatic rings. The fourth-order valence-corrected chi connectivity index (χ4v) is 4.32. The Labute approximate surface area is 149 Å². The van der Waals surface area contributed by atoms with Crippen LogP contribution in [0, 0.1) is 5.92 Å². The second-order valence-electron chi connectivity index (χ2n) is 7.28. The van der Waals surface area contributed by atoms with E-state index in [0.29, 0.717) is 25.9 Å². The predicted octanol–water partition coefficient (Wildman–Crippen LogP) is 3.22. The van der Waals surface area contributed by atoms with Crippen molar-refractivity contribution in [1.29, 1.82) is 0 Å². The molecule has 1 N–H and O–H groups in total. The van der Waals surface area contributed by atoms with Crippen LogP contribution in [0.1, 0.15) is 50.5 Å². The maximum atomic E-state index is 13.5. The van der Waals surface area contributed by atoms with Gasteiger partial charge in [0.25, 0.3) is 0 Å². The number of carbonyl (C=O) groups excluding carboxylic acids is 1. The molecule has 1 saturated carbocycles. The minimum absolute atomic E-state index is 0.182. The summed E-state index contributed by atoms with van der Waals surface area (Å²) in [5.41, 5.74) is 0.610. The summed E-state index contributed by atoms with van der Waals surface area (Å²) in [5, 5.41) is 9.17. The molecular weight excluding hydrogens is 318 g/mol. The topological polar surface area (TPSA) is 66.8 Å². The van der Waals surface area contributed by atoms with E-state index in [0.717, 1.165) is 37.0 Å². The van der Waals surface area contributed by atoms with Crippen LogP contribution in [0.4, 0.5) is 0 Å². The van der Waals surface area contributed by atoms with Crippen LogP contribution in [0.2, 0.25) is 0 Å². The van der Waals surface area contributed by atoms with Crippen molar-refractivity contribution in [3.05, 3.63) is 29.8 Å². The number of carboxylic acids is 1. The van der Waals surface area contributed by atoms with Gasteiger partial charge in [0.1, 0.15) is 5.75 Å². The molecule has 1 saturated heterocycles. The van der Waals surface area contributed by atoms with Crippen LogP contribution in [0.3, 0.4) is 0 Å². The lowest BCUT2D eigenvalue weighted by atomic mass is 9.68. The zero-order valence-corrected chi connectivity index (χ0v) is 14.9. The molecule has 1 aromatic rings. The summed E-state index contributed by atoms with van der Waals surface area (Å²) in [6, 6.07) is 7.89. The quantitative estimate of drug-likeness (QED) is 0.910. The number of hydrogen-bond acceptors (Lipinski definition) is 3. The van der Waals surface area contributed by atoms with Crippen molar-refractivity contribution in [2.24, 2.45) is 5.92 Å². The molecule has 1 amide bonds. The standard InChI is InChI=1S/C20H27NO4/c1-25-17-7-5-16(6-8-17)20(11-3-2-4-12-20)19(24)21-13-9-15(10-14-21)18(22)23/h5-8,15H,2-4,9-14H2,1H3,(H,22,23). The largest absolute Gasteiger partial charge is 0.497 e. The molecule has 0 atom stereocenters. The SMILES string of the molecule is COc1ccc(C2(C(=O)N3CCC(C(=O)O)CC3)CCCCC2)cc1. The lowest BCUT2D eigenvalue weighted by Gasteiger charge is -2.42. The van der Waals surface area contributed by atoms with Gasteiger partial charge in [0.05, 0.1) is 18.4 Å². The van der Waals surface area contributed by atoms with E-state index in [-0.39, 0.29) is 11.8 Å². The van der Waals surface area contributed by atoms with Gasteiger partial charge in [-0.05, 0) is 43.4 Å². The van der Waals surface area contributed by atoms with Crippen molar-refractivity contribution < 1.29 is 19.4 Å². The van der Waals surface area contributed by atoms with Crippen LogP contribution >= 0.6 is 0 Å². The molecular formula is C20H27NO4. The maximum absolute atomic E-state index is 13.5. The van der Waals surface area contributed by atoms with Crippen LogP contribution in [0.15, 0.2) is 24.3 Å². The van der Waals surface area contributed by atoms with E-state index in [2.05, 4.69) is 0 Å². The summed E-state index contributed by atoms with van der Waals surface area (Å²) < 4.78 is 5.25. The van der Waals surface area contributed by atoms with Gasteiger partial charge in [-0.25, -0.2) is 0 Å². The first-order valence-corrected chi connectivity index (χ1v) is 9.23. The van der Waals surface area contributed by atoms with Gasteiger partial charge < -0.3 is 14.7 Å². The van der Waals surface area contributed by atoms with Gasteiger partial charge in [0.15, 0.2) is 0 Å². The third-order valence-electron chi connectivity index (χ3n) is 5.89. The molecule has 0 spiro atoms. The van der Waals surface area contributed by atoms with E-state index >= 15 is 0 Å². The van der Waals surface area contributed by atoms with E-state index in [1.54, 1.807) is 7.11 Å². The molecule has 3 rings (SSSR count). The molecule has 5 heteroatoms. The third kappa shape index (κ3) is 3.51. The summed E-state index contributed by atoms with van der Waals surface area (Å²) in [7, 11) is 1.64. The number of carbonyl (C=O) groups is 2. The molecule has 136 valence electrons. The summed E-state index contributed by atoms with van der Waals surface area (Å²) in [5.74, 6) is -0.0763. The first-order chi connectivity index (χ1) is 12.1. The van der Waals surface area contributed by atoms with Crippen LogP contribution < -0.4 is 4.74 Å². The third-order valence-corrected chi connectivity index (χ3v) is 5.89. The number of rotatable bonds is 4. The zero-order chi connectivity index (χ0) is 17.9. The number of benzene rings is 1. The molecule has 25 heavy (non-hydrogen) atoms. The number of aliphatic carboxylic acids is 1. The number of amides is 1. The Kier molecular flexibility index (Phi) is 5.30. The smallest absolute Gasteiger partial charge is 0.306 e. The van der Waals surface area contributed by atoms with Crippen molar-refractivity contribution in [2.75, 3.05) is 20.2 Å². The van der Waals surface area contributed by atoms with Gasteiger partial charge >= 0.3 is 5.97 Å². The minimum Gasteiger partial charge on any atom is -0.497 e. The predicted molar refractivity (Wildman–Crippen MR) is 94.7 cm³/mol. The van der Waals surface area contributed by atoms with Gasteiger partial charge in [0.2, 0.25) is 5.91 Å². The lowest BCUT2D eigenvalue weighted by molar-refractivity contribution is -0.148. The van der Waals surface area contributed by atoms with Crippen molar-refractivity contribution in [2.45, 2.75) is 50.4 Å². The fourth-order valence-electron chi connectivity index (χ4n) is 4.32. The van der Waals surface area contributed by atoms with Crippen LogP contribution in [-0.2, 0) is 15.0 Å². The average molecular weight is 345 g/mol. The van der Waals surface area contributed by atoms with E-state index < -0.39 is 11.4 Å². The normalized spacial score (nSPS) is 20.9. The number of ether oxygens (including phenoxy) is 1. The van der Waals surface area contributed by atoms with E-state index in [1.165, 1.54) is 6.42 Å². The van der Waals surface area contributed by atoms with Gasteiger partial charge in [-0.1, -0.05) is 31.4 Å². The molecule has 1 aromatic carbocycles. The summed E-state index contributed by atoms with van der Waals surface area (Å²) in [4.78, 5) is 26.5. The van der Waals surface area contributed by atoms with Crippen molar-refractivity contribution in [3.8, 4) is 5.75 Å². The summed E-state index contributed by atoms with van der Waals surface area (Å²) in [6.45, 7) is 1.10. The lowest BCUT2D eigenvalue weighted by Crippen LogP contribution is -2.51. The minimum atomic E-state index is -0.741. The van der Waals surface area contributed by atoms with Gasteiger partial charge in [-0.2, -0.15) is 0 Å². The van der Waals surface area contributed by atoms with E-state index in [9.17, 15) is 14.7 Å². The number of carboxylic acid groups (broad SMARTS) is 1. The van der Waals surface area contributed by atoms with Crippen molar-refractivity contribution >= 4 is 11.9 Å². The Balaban J connectivity index is 1.82. The molecule has 5 nitrogen and oxygen atoms in total. The molecule has 1 aliphatic heterocycles. The molecule has 1 heterocycles. The summed E-state index contributed by atoms with van der Waals surface area (Å²) >= 11 is 0. The number of methoxy groups -OCH3 is 1. The molecule has 0 bridgehead atoms. The molecule has 0 unspecified atom stereocenters. The van der Waals surface area contributed by atoms with Crippen LogP contribution in [0.5, 0.6) is 5.75 Å². The Hall–Kier alpha value is -2.04. The molecule has 0 aromatic heterocycles. The Morgan fingerprint density at radius 2 is 1.68 bits per heavy atom. The molecule has 2 fully saturated rings. The van der Waals surface area contributed by atoms with Gasteiger partial charge in [-0.15, -0.1) is 0 Å². The Bertz CT molecular complexity index is 611. The fraction of sp³-hybridized carbons (Fsp3) is 0.600. The highest BCUT2D eigenvalue weighted by molar-refractivity contribution is 5.88. The van der Waals surface area contributed by atoms with Crippen molar-refractivity contribution in [1.82, 2.24) is 4.90 Å². The van der Waals surface area contributed by atoms with Gasteiger partial charge in [0, 0.05) is 13.1 Å². The Morgan fingerprint density at radius 1 is 1.08 bits per heavy atom. The number of hydrogen-bond donors (Lipinski definition) is 1. The monoisotopic (exact) mass is 345 g/mol. The van der Waals surface area contributed by atoms with Crippen LogP contribution in [0.25, 0.3) is 0 Å². The zero-order valence-electron chi connectivity index (χ0n) is 14.9. The van der Waals surface area contributed by atoms with Gasteiger partial charge in [-0.3, -0.25) is 9.59 Å². The van der Waals surface area contributed by atoms with E-state index in [4.69, 9.17) is 4.74 Å². The van der Waals surface area contributed by atoms with Crippen molar-refractivity contribution in [3.63, 3.8) is 0 Å². The maximum Gasteiger partial charge on any atom is 0.306 e. The number of nitrogens with zero attached hydrogens (tertiary/aromatic N) is 1. The number of piperidine rings is 1. The highest BCUT2D eigenvalue weighted by atomic mass is 16.5. The number of likely N-dealkylation sites (tertiary alicyclic amines) is 1. The highest BCUT2D eigenvalue weighted by Crippen LogP contribution is 2.42. The Morgan fingerprint density at radius 3 is 2.20 bits per heavy atom. The second-order valence-corrected chi connectivity index (χ2v) is 7.28. The first-order valence-electron chi connectivity index (χ1n) is 9.23. The molecule has 0 radical (unpaired) electrons. The first kappa shape index (κ1) is 17.8. The van der Waals surface area contributed by atoms with Crippen LogP contribution in [-0.4, -0.2) is 42.1 Å². The second kappa shape index (κ2) is 7.46. The summed E-state index contributed by atoms with van der Waals surface area (Å²) in [6.07, 6.45) is 6.15.